The molecule has 0 aliphatic carbocycles. The Morgan fingerprint density at radius 2 is 2.07 bits per heavy atom. The molecule has 0 atom stereocenters. The van der Waals surface area contributed by atoms with Crippen LogP contribution >= 0.6 is 0 Å². The van der Waals surface area contributed by atoms with Crippen LogP contribution in [0.4, 0.5) is 11.6 Å². The molecule has 3 aromatic heterocycles. The van der Waals surface area contributed by atoms with E-state index in [0.717, 1.165) is 31.9 Å². The number of rotatable bonds is 6. The van der Waals surface area contributed by atoms with Crippen molar-refractivity contribution in [1.82, 2.24) is 24.7 Å². The molecule has 0 unspecified atom stereocenters. The molecule has 1 saturated heterocycles. The number of aryl methyl sites for hydroxylation is 1. The third-order valence-electron chi connectivity index (χ3n) is 4.78. The lowest BCUT2D eigenvalue weighted by molar-refractivity contribution is 0.102. The number of ether oxygens (including phenoxy) is 2. The van der Waals surface area contributed by atoms with Crippen molar-refractivity contribution in [2.45, 2.75) is 13.8 Å². The molecule has 4 heterocycles. The number of carbonyl (C=O) groups is 1. The van der Waals surface area contributed by atoms with Gasteiger partial charge in [-0.3, -0.25) is 4.79 Å². The van der Waals surface area contributed by atoms with Crippen LogP contribution in [0.1, 0.15) is 23.0 Å². The Morgan fingerprint density at radius 3 is 2.80 bits per heavy atom. The number of fused-ring (bicyclic) bond motifs is 1. The predicted molar refractivity (Wildman–Crippen MR) is 113 cm³/mol. The van der Waals surface area contributed by atoms with Gasteiger partial charge < -0.3 is 29.4 Å². The van der Waals surface area contributed by atoms with E-state index < -0.39 is 0 Å². The molecular formula is C20H25N7O3. The molecular weight excluding hydrogens is 386 g/mol. The van der Waals surface area contributed by atoms with E-state index in [4.69, 9.17) is 9.47 Å². The molecule has 0 spiro atoms. The molecule has 1 fully saturated rings. The van der Waals surface area contributed by atoms with Gasteiger partial charge in [0.25, 0.3) is 5.91 Å². The van der Waals surface area contributed by atoms with Crippen molar-refractivity contribution in [1.29, 1.82) is 0 Å². The summed E-state index contributed by atoms with van der Waals surface area (Å²) in [4.78, 5) is 28.4. The highest BCUT2D eigenvalue weighted by Crippen LogP contribution is 2.25. The lowest BCUT2D eigenvalue weighted by atomic mass is 10.2. The second kappa shape index (κ2) is 8.54. The average Bonchev–Trinajstić information content (AvgIpc) is 3.14. The lowest BCUT2D eigenvalue weighted by Gasteiger charge is -2.27. The maximum Gasteiger partial charge on any atom is 0.262 e. The van der Waals surface area contributed by atoms with Crippen molar-refractivity contribution in [2.24, 2.45) is 0 Å². The number of aromatic nitrogens is 4. The van der Waals surface area contributed by atoms with E-state index in [0.29, 0.717) is 29.6 Å². The summed E-state index contributed by atoms with van der Waals surface area (Å²) in [5.41, 5.74) is 2.38. The number of hydrogen-bond acceptors (Lipinski definition) is 8. The molecule has 1 amide bonds. The van der Waals surface area contributed by atoms with Gasteiger partial charge in [-0.25, -0.2) is 9.97 Å². The number of imidazole rings is 1. The minimum Gasteiger partial charge on any atom is -0.493 e. The molecule has 0 saturated carbocycles. The van der Waals surface area contributed by atoms with E-state index >= 15 is 0 Å². The molecule has 1 aliphatic rings. The molecule has 10 heteroatoms. The minimum absolute atomic E-state index is 0.269. The number of anilines is 2. The van der Waals surface area contributed by atoms with Crippen molar-refractivity contribution in [3.05, 3.63) is 35.9 Å². The van der Waals surface area contributed by atoms with Gasteiger partial charge in [-0.05, 0) is 13.8 Å². The van der Waals surface area contributed by atoms with Crippen LogP contribution in [-0.4, -0.2) is 65.2 Å². The van der Waals surface area contributed by atoms with Gasteiger partial charge in [-0.1, -0.05) is 0 Å². The SMILES string of the molecule is CCOc1nc(N2CCNCC2)ncc1C(=O)Nc1cc(OC)c2nc(C)cn2c1. The summed E-state index contributed by atoms with van der Waals surface area (Å²) >= 11 is 0. The smallest absolute Gasteiger partial charge is 0.262 e. The van der Waals surface area contributed by atoms with Gasteiger partial charge >= 0.3 is 0 Å². The second-order valence-electron chi connectivity index (χ2n) is 6.92. The molecule has 30 heavy (non-hydrogen) atoms. The lowest BCUT2D eigenvalue weighted by Crippen LogP contribution is -2.44. The van der Waals surface area contributed by atoms with Gasteiger partial charge in [0.05, 0.1) is 25.1 Å². The van der Waals surface area contributed by atoms with Crippen LogP contribution in [0.15, 0.2) is 24.7 Å². The number of carbonyl (C=O) groups excluding carboxylic acids is 1. The molecule has 0 radical (unpaired) electrons. The first-order chi connectivity index (χ1) is 14.6. The number of nitrogens with zero attached hydrogens (tertiary/aromatic N) is 5. The van der Waals surface area contributed by atoms with E-state index in [9.17, 15) is 4.79 Å². The standard InChI is InChI=1S/C20H25N7O3/c1-4-30-19-15(10-22-20(25-19)26-7-5-21-6-8-26)18(28)24-14-9-16(29-3)17-23-13(2)11-27(17)12-14/h9-12,21H,4-8H2,1-3H3,(H,24,28). The molecule has 2 N–H and O–H groups in total. The van der Waals surface area contributed by atoms with E-state index in [2.05, 4.69) is 30.5 Å². The van der Waals surface area contributed by atoms with Crippen molar-refractivity contribution in [3.63, 3.8) is 0 Å². The molecule has 158 valence electrons. The van der Waals surface area contributed by atoms with E-state index in [-0.39, 0.29) is 17.4 Å². The maximum atomic E-state index is 13.0. The van der Waals surface area contributed by atoms with Crippen LogP contribution in [-0.2, 0) is 0 Å². The molecule has 0 bridgehead atoms. The van der Waals surface area contributed by atoms with Crippen LogP contribution in [0.3, 0.4) is 0 Å². The minimum atomic E-state index is -0.358. The number of nitrogens with one attached hydrogen (secondary N) is 2. The summed E-state index contributed by atoms with van der Waals surface area (Å²) in [6, 6.07) is 1.73. The summed E-state index contributed by atoms with van der Waals surface area (Å²) in [5, 5.41) is 6.18. The highest BCUT2D eigenvalue weighted by Gasteiger charge is 2.20. The number of hydrogen-bond donors (Lipinski definition) is 2. The monoisotopic (exact) mass is 411 g/mol. The van der Waals surface area contributed by atoms with Gasteiger partial charge in [-0.15, -0.1) is 0 Å². The molecule has 0 aromatic carbocycles. The van der Waals surface area contributed by atoms with Gasteiger partial charge in [0.1, 0.15) is 5.56 Å². The first-order valence-corrected chi connectivity index (χ1v) is 9.89. The van der Waals surface area contributed by atoms with E-state index in [1.807, 2.05) is 24.4 Å². The first kappa shape index (κ1) is 19.9. The van der Waals surface area contributed by atoms with Gasteiger partial charge in [0, 0.05) is 50.8 Å². The summed E-state index contributed by atoms with van der Waals surface area (Å²) < 4.78 is 12.9. The van der Waals surface area contributed by atoms with Crippen LogP contribution < -0.4 is 25.0 Å². The highest BCUT2D eigenvalue weighted by molar-refractivity contribution is 6.05. The Kier molecular flexibility index (Phi) is 5.66. The van der Waals surface area contributed by atoms with Gasteiger partial charge in [0.2, 0.25) is 11.8 Å². The zero-order valence-corrected chi connectivity index (χ0v) is 17.3. The Labute approximate surface area is 174 Å². The largest absolute Gasteiger partial charge is 0.493 e. The van der Waals surface area contributed by atoms with Crippen LogP contribution in [0.2, 0.25) is 0 Å². The zero-order valence-electron chi connectivity index (χ0n) is 17.3. The number of pyridine rings is 1. The quantitative estimate of drug-likeness (QED) is 0.629. The topological polar surface area (TPSA) is 106 Å². The van der Waals surface area contributed by atoms with E-state index in [1.165, 1.54) is 6.20 Å². The third-order valence-corrected chi connectivity index (χ3v) is 4.78. The van der Waals surface area contributed by atoms with Crippen molar-refractivity contribution >= 4 is 23.2 Å². The predicted octanol–water partition coefficient (Wildman–Crippen LogP) is 1.50. The number of methoxy groups -OCH3 is 1. The van der Waals surface area contributed by atoms with Crippen LogP contribution in [0, 0.1) is 6.92 Å². The van der Waals surface area contributed by atoms with Crippen molar-refractivity contribution in [3.8, 4) is 11.6 Å². The summed E-state index contributed by atoms with van der Waals surface area (Å²) in [6.07, 6.45) is 5.17. The average molecular weight is 411 g/mol. The maximum absolute atomic E-state index is 13.0. The highest BCUT2D eigenvalue weighted by atomic mass is 16.5. The molecule has 3 aromatic rings. The first-order valence-electron chi connectivity index (χ1n) is 9.89. The van der Waals surface area contributed by atoms with Crippen LogP contribution in [0.5, 0.6) is 11.6 Å². The number of piperazine rings is 1. The van der Waals surface area contributed by atoms with Crippen molar-refractivity contribution < 1.29 is 14.3 Å². The summed E-state index contributed by atoms with van der Waals surface area (Å²) in [5.74, 6) is 1.04. The molecule has 1 aliphatic heterocycles. The van der Waals surface area contributed by atoms with Gasteiger partial charge in [-0.2, -0.15) is 4.98 Å². The molecule has 4 rings (SSSR count). The summed E-state index contributed by atoms with van der Waals surface area (Å²) in [7, 11) is 1.57. The summed E-state index contributed by atoms with van der Waals surface area (Å²) in [6.45, 7) is 7.50. The Hall–Kier alpha value is -3.40. The third kappa shape index (κ3) is 3.99. The molecule has 10 nitrogen and oxygen atoms in total. The normalized spacial score (nSPS) is 14.0. The fourth-order valence-electron chi connectivity index (χ4n) is 3.38. The Balaban J connectivity index is 1.61. The fourth-order valence-corrected chi connectivity index (χ4v) is 3.38. The zero-order chi connectivity index (χ0) is 21.1. The van der Waals surface area contributed by atoms with Gasteiger partial charge in [0.15, 0.2) is 11.4 Å². The number of amides is 1. The van der Waals surface area contributed by atoms with Crippen LogP contribution in [0.25, 0.3) is 5.65 Å². The van der Waals surface area contributed by atoms with Crippen molar-refractivity contribution in [2.75, 3.05) is 50.1 Å². The van der Waals surface area contributed by atoms with E-state index in [1.54, 1.807) is 19.4 Å². The Bertz CT molecular complexity index is 1060. The second-order valence-corrected chi connectivity index (χ2v) is 6.92. The Morgan fingerprint density at radius 1 is 1.27 bits per heavy atom. The fraction of sp³-hybridized carbons (Fsp3) is 0.400.